The Balaban J connectivity index is 1.70. The standard InChI is InChI=1S/C24H33N/c1-2-3-7-10-21-12-16-23(17-13-21)24-18-14-22(15-19-24)11-8-5-4-6-9-20-25/h4-6,9,12-13,16-17,22,24H,2-3,7-8,10-11,14-15,18-19H2,1H3. The van der Waals surface area contributed by atoms with E-state index < -0.39 is 0 Å². The zero-order valence-corrected chi connectivity index (χ0v) is 15.8. The maximum Gasteiger partial charge on any atom is 0.0912 e. The van der Waals surface area contributed by atoms with Crippen molar-refractivity contribution in [2.75, 3.05) is 0 Å². The summed E-state index contributed by atoms with van der Waals surface area (Å²) in [5.41, 5.74) is 3.06. The van der Waals surface area contributed by atoms with Crippen LogP contribution in [0.3, 0.4) is 0 Å². The van der Waals surface area contributed by atoms with Gasteiger partial charge in [-0.3, -0.25) is 0 Å². The Morgan fingerprint density at radius 1 is 1.04 bits per heavy atom. The van der Waals surface area contributed by atoms with Gasteiger partial charge in [-0.2, -0.15) is 5.26 Å². The van der Waals surface area contributed by atoms with Gasteiger partial charge in [0.2, 0.25) is 0 Å². The fourth-order valence-corrected chi connectivity index (χ4v) is 3.93. The lowest BCUT2D eigenvalue weighted by atomic mass is 9.77. The van der Waals surface area contributed by atoms with Crippen molar-refractivity contribution < 1.29 is 0 Å². The number of allylic oxidation sites excluding steroid dienone is 4. The summed E-state index contributed by atoms with van der Waals surface area (Å²) in [5.74, 6) is 1.66. The quantitative estimate of drug-likeness (QED) is 0.268. The second kappa shape index (κ2) is 11.7. The molecule has 134 valence electrons. The summed E-state index contributed by atoms with van der Waals surface area (Å²) >= 11 is 0. The minimum absolute atomic E-state index is 0.773. The van der Waals surface area contributed by atoms with Gasteiger partial charge in [0.05, 0.1) is 6.07 Å². The van der Waals surface area contributed by atoms with Crippen molar-refractivity contribution in [1.82, 2.24) is 0 Å². The third-order valence-corrected chi connectivity index (χ3v) is 5.53. The normalized spacial score (nSPS) is 21.0. The van der Waals surface area contributed by atoms with Crippen LogP contribution in [0.2, 0.25) is 0 Å². The van der Waals surface area contributed by atoms with E-state index in [2.05, 4.69) is 37.3 Å². The van der Waals surface area contributed by atoms with Crippen LogP contribution in [-0.4, -0.2) is 0 Å². The van der Waals surface area contributed by atoms with Crippen LogP contribution in [0, 0.1) is 17.2 Å². The van der Waals surface area contributed by atoms with Crippen molar-refractivity contribution in [2.45, 2.75) is 77.0 Å². The molecule has 0 heterocycles. The zero-order valence-electron chi connectivity index (χ0n) is 15.8. The van der Waals surface area contributed by atoms with Gasteiger partial charge in [0.15, 0.2) is 0 Å². The number of aryl methyl sites for hydroxylation is 1. The molecule has 1 aromatic rings. The molecule has 0 aromatic heterocycles. The lowest BCUT2D eigenvalue weighted by molar-refractivity contribution is 0.312. The molecule has 25 heavy (non-hydrogen) atoms. The van der Waals surface area contributed by atoms with Gasteiger partial charge in [-0.05, 0) is 74.3 Å². The molecule has 0 atom stereocenters. The van der Waals surface area contributed by atoms with E-state index in [-0.39, 0.29) is 0 Å². The molecule has 1 fully saturated rings. The molecule has 0 unspecified atom stereocenters. The first kappa shape index (κ1) is 19.5. The smallest absolute Gasteiger partial charge is 0.0912 e. The van der Waals surface area contributed by atoms with Gasteiger partial charge in [0, 0.05) is 6.08 Å². The van der Waals surface area contributed by atoms with Crippen molar-refractivity contribution >= 4 is 0 Å². The SMILES string of the molecule is CCCCCc1ccc(C2CCC(CCC=CC=CC#N)CC2)cc1. The molecular formula is C24H33N. The molecule has 1 nitrogen and oxygen atoms in total. The van der Waals surface area contributed by atoms with Crippen LogP contribution in [-0.2, 0) is 6.42 Å². The highest BCUT2D eigenvalue weighted by Crippen LogP contribution is 2.37. The lowest BCUT2D eigenvalue weighted by Crippen LogP contribution is -2.13. The number of nitrogens with zero attached hydrogens (tertiary/aromatic N) is 1. The average Bonchev–Trinajstić information content (AvgIpc) is 2.66. The summed E-state index contributed by atoms with van der Waals surface area (Å²) in [6.45, 7) is 2.27. The van der Waals surface area contributed by atoms with Crippen LogP contribution >= 0.6 is 0 Å². The molecule has 0 spiro atoms. The Labute approximate surface area is 154 Å². The molecule has 1 aromatic carbocycles. The van der Waals surface area contributed by atoms with Crippen LogP contribution in [0.15, 0.2) is 48.6 Å². The van der Waals surface area contributed by atoms with E-state index in [1.54, 1.807) is 5.56 Å². The Kier molecular flexibility index (Phi) is 9.13. The first-order valence-electron chi connectivity index (χ1n) is 10.1. The maximum atomic E-state index is 8.44. The molecule has 0 bridgehead atoms. The summed E-state index contributed by atoms with van der Waals surface area (Å²) < 4.78 is 0. The summed E-state index contributed by atoms with van der Waals surface area (Å²) in [6, 6.07) is 11.5. The topological polar surface area (TPSA) is 23.8 Å². The minimum atomic E-state index is 0.773. The average molecular weight is 336 g/mol. The van der Waals surface area contributed by atoms with Gasteiger partial charge < -0.3 is 0 Å². The van der Waals surface area contributed by atoms with E-state index in [1.165, 1.54) is 69.4 Å². The fraction of sp³-hybridized carbons (Fsp3) is 0.542. The first-order chi connectivity index (χ1) is 12.3. The van der Waals surface area contributed by atoms with Crippen LogP contribution < -0.4 is 0 Å². The van der Waals surface area contributed by atoms with E-state index in [0.717, 1.165) is 18.3 Å². The molecule has 0 amide bonds. The van der Waals surface area contributed by atoms with Gasteiger partial charge in [-0.25, -0.2) is 0 Å². The molecule has 1 aliphatic rings. The zero-order chi connectivity index (χ0) is 17.7. The highest BCUT2D eigenvalue weighted by Gasteiger charge is 2.21. The van der Waals surface area contributed by atoms with Crippen LogP contribution in [0.1, 0.15) is 81.8 Å². The van der Waals surface area contributed by atoms with Crippen LogP contribution in [0.25, 0.3) is 0 Å². The predicted molar refractivity (Wildman–Crippen MR) is 107 cm³/mol. The molecule has 0 N–H and O–H groups in total. The minimum Gasteiger partial charge on any atom is -0.193 e. The summed E-state index contributed by atoms with van der Waals surface area (Å²) in [5, 5.41) is 8.44. The molecular weight excluding hydrogens is 302 g/mol. The van der Waals surface area contributed by atoms with Gasteiger partial charge in [0.25, 0.3) is 0 Å². The number of benzene rings is 1. The lowest BCUT2D eigenvalue weighted by Gasteiger charge is -2.28. The molecule has 0 radical (unpaired) electrons. The van der Waals surface area contributed by atoms with E-state index in [9.17, 15) is 0 Å². The van der Waals surface area contributed by atoms with Crippen molar-refractivity contribution in [3.8, 4) is 6.07 Å². The summed E-state index contributed by atoms with van der Waals surface area (Å²) in [4.78, 5) is 0. The Morgan fingerprint density at radius 3 is 2.48 bits per heavy atom. The largest absolute Gasteiger partial charge is 0.193 e. The number of nitriles is 1. The van der Waals surface area contributed by atoms with Crippen LogP contribution in [0.4, 0.5) is 0 Å². The van der Waals surface area contributed by atoms with Crippen molar-refractivity contribution in [1.29, 1.82) is 5.26 Å². The first-order valence-corrected chi connectivity index (χ1v) is 10.1. The third kappa shape index (κ3) is 7.30. The van der Waals surface area contributed by atoms with Crippen molar-refractivity contribution in [3.63, 3.8) is 0 Å². The molecule has 0 aliphatic heterocycles. The fourth-order valence-electron chi connectivity index (χ4n) is 3.93. The third-order valence-electron chi connectivity index (χ3n) is 5.53. The highest BCUT2D eigenvalue weighted by molar-refractivity contribution is 5.26. The molecule has 1 heteroatoms. The highest BCUT2D eigenvalue weighted by atomic mass is 14.3. The van der Waals surface area contributed by atoms with Gasteiger partial charge in [-0.15, -0.1) is 0 Å². The maximum absolute atomic E-state index is 8.44. The molecule has 2 rings (SSSR count). The number of unbranched alkanes of at least 4 members (excludes halogenated alkanes) is 2. The van der Waals surface area contributed by atoms with Gasteiger partial charge in [0.1, 0.15) is 0 Å². The van der Waals surface area contributed by atoms with E-state index in [1.807, 2.05) is 18.2 Å². The molecule has 1 aliphatic carbocycles. The van der Waals surface area contributed by atoms with Gasteiger partial charge in [-0.1, -0.05) is 62.3 Å². The summed E-state index contributed by atoms with van der Waals surface area (Å²) in [7, 11) is 0. The molecule has 0 saturated heterocycles. The Bertz CT molecular complexity index is 565. The number of hydrogen-bond acceptors (Lipinski definition) is 1. The van der Waals surface area contributed by atoms with E-state index >= 15 is 0 Å². The Morgan fingerprint density at radius 2 is 1.80 bits per heavy atom. The number of hydrogen-bond donors (Lipinski definition) is 0. The van der Waals surface area contributed by atoms with Crippen LogP contribution in [0.5, 0.6) is 0 Å². The van der Waals surface area contributed by atoms with Crippen molar-refractivity contribution in [3.05, 3.63) is 59.7 Å². The monoisotopic (exact) mass is 335 g/mol. The van der Waals surface area contributed by atoms with E-state index in [0.29, 0.717) is 0 Å². The second-order valence-corrected chi connectivity index (χ2v) is 7.41. The predicted octanol–water partition coefficient (Wildman–Crippen LogP) is 7.11. The molecule has 1 saturated carbocycles. The van der Waals surface area contributed by atoms with E-state index in [4.69, 9.17) is 5.26 Å². The van der Waals surface area contributed by atoms with Gasteiger partial charge >= 0.3 is 0 Å². The Hall–Kier alpha value is -1.81. The second-order valence-electron chi connectivity index (χ2n) is 7.41. The van der Waals surface area contributed by atoms with Crippen molar-refractivity contribution in [2.24, 2.45) is 5.92 Å². The summed E-state index contributed by atoms with van der Waals surface area (Å²) in [6.07, 6.45) is 20.6. The number of rotatable bonds is 9.